The second-order valence-corrected chi connectivity index (χ2v) is 10.3. The second kappa shape index (κ2) is 10.0. The van der Waals surface area contributed by atoms with E-state index in [9.17, 15) is 0 Å². The lowest BCUT2D eigenvalue weighted by Gasteiger charge is -2.16. The highest BCUT2D eigenvalue weighted by molar-refractivity contribution is 5.88. The van der Waals surface area contributed by atoms with Crippen LogP contribution in [-0.2, 0) is 0 Å². The van der Waals surface area contributed by atoms with E-state index >= 15 is 0 Å². The highest BCUT2D eigenvalue weighted by atomic mass is 15.1. The molecule has 4 heteroatoms. The highest BCUT2D eigenvalue weighted by Gasteiger charge is 2.19. The van der Waals surface area contributed by atoms with Crippen LogP contribution < -0.4 is 0 Å². The van der Waals surface area contributed by atoms with Crippen LogP contribution in [0.4, 0.5) is 0 Å². The first-order valence-corrected chi connectivity index (χ1v) is 14.1. The van der Waals surface area contributed by atoms with Crippen LogP contribution in [0, 0.1) is 0 Å². The van der Waals surface area contributed by atoms with Crippen molar-refractivity contribution in [1.82, 2.24) is 19.1 Å². The van der Waals surface area contributed by atoms with Gasteiger partial charge in [-0.3, -0.25) is 9.13 Å². The molecule has 0 saturated carbocycles. The molecular weight excluding hydrogens is 512 g/mol. The third-order valence-corrected chi connectivity index (χ3v) is 7.75. The fourth-order valence-electron chi connectivity index (χ4n) is 5.84. The third-order valence-electron chi connectivity index (χ3n) is 7.75. The Morgan fingerprint density at radius 3 is 1.55 bits per heavy atom. The smallest absolute Gasteiger partial charge is 0.145 e. The van der Waals surface area contributed by atoms with Gasteiger partial charge < -0.3 is 0 Å². The molecule has 0 amide bonds. The molecule has 6 aromatic carbocycles. The molecular formula is C38H26N4. The van der Waals surface area contributed by atoms with Gasteiger partial charge in [0.25, 0.3) is 0 Å². The lowest BCUT2D eigenvalue weighted by Crippen LogP contribution is -2.01. The molecule has 0 radical (unpaired) electrons. The van der Waals surface area contributed by atoms with Gasteiger partial charge in [0.2, 0.25) is 0 Å². The van der Waals surface area contributed by atoms with E-state index in [1.807, 2.05) is 24.3 Å². The maximum absolute atomic E-state index is 5.08. The SMILES string of the molecule is c1ccc(-c2nc3ccccc3n2-c2cccc(-c3ccccc3-n3c(-c4ccccc4)nc4ccccc43)c2)cc1. The van der Waals surface area contributed by atoms with Crippen molar-refractivity contribution in [3.8, 4) is 45.3 Å². The molecule has 0 N–H and O–H groups in total. The summed E-state index contributed by atoms with van der Waals surface area (Å²) in [6.07, 6.45) is 0. The number of benzene rings is 6. The molecule has 0 saturated heterocycles. The lowest BCUT2D eigenvalue weighted by atomic mass is 10.0. The zero-order valence-corrected chi connectivity index (χ0v) is 22.8. The standard InChI is InChI=1S/C38H26N4/c1-3-14-27(15-4-1)37-39-32-21-8-11-24-35(32)41(37)30-19-13-18-29(26-30)31-20-7-10-23-34(31)42-36-25-12-9-22-33(36)40-38(42)28-16-5-2-6-17-28/h1-26H. The molecule has 0 fully saturated rings. The van der Waals surface area contributed by atoms with Crippen LogP contribution in [0.2, 0.25) is 0 Å². The van der Waals surface area contributed by atoms with Gasteiger partial charge in [0.05, 0.1) is 27.8 Å². The van der Waals surface area contributed by atoms with E-state index in [0.29, 0.717) is 0 Å². The molecule has 0 aliphatic heterocycles. The number of aromatic nitrogens is 4. The van der Waals surface area contributed by atoms with Crippen LogP contribution in [0.3, 0.4) is 0 Å². The maximum Gasteiger partial charge on any atom is 0.145 e. The molecule has 2 heterocycles. The molecule has 42 heavy (non-hydrogen) atoms. The molecule has 4 nitrogen and oxygen atoms in total. The molecule has 198 valence electrons. The van der Waals surface area contributed by atoms with E-state index in [2.05, 4.69) is 143 Å². The molecule has 2 aromatic heterocycles. The van der Waals surface area contributed by atoms with Crippen molar-refractivity contribution in [2.75, 3.05) is 0 Å². The number of nitrogens with zero attached hydrogens (tertiary/aromatic N) is 4. The molecule has 0 aliphatic carbocycles. The number of rotatable bonds is 5. The molecule has 0 bridgehead atoms. The minimum Gasteiger partial charge on any atom is -0.292 e. The molecule has 0 spiro atoms. The van der Waals surface area contributed by atoms with Gasteiger partial charge in [0.1, 0.15) is 11.6 Å². The predicted molar refractivity (Wildman–Crippen MR) is 172 cm³/mol. The average molecular weight is 539 g/mol. The lowest BCUT2D eigenvalue weighted by molar-refractivity contribution is 1.10. The first-order valence-electron chi connectivity index (χ1n) is 14.1. The normalized spacial score (nSPS) is 11.3. The van der Waals surface area contributed by atoms with E-state index in [4.69, 9.17) is 9.97 Å². The zero-order chi connectivity index (χ0) is 27.9. The Morgan fingerprint density at radius 1 is 0.381 bits per heavy atom. The first kappa shape index (κ1) is 24.1. The van der Waals surface area contributed by atoms with Crippen molar-refractivity contribution in [3.05, 3.63) is 158 Å². The minimum absolute atomic E-state index is 0.923. The van der Waals surface area contributed by atoms with Gasteiger partial charge in [-0.2, -0.15) is 0 Å². The molecule has 0 unspecified atom stereocenters. The summed E-state index contributed by atoms with van der Waals surface area (Å²) in [4.78, 5) is 10.1. The monoisotopic (exact) mass is 538 g/mol. The first-order chi connectivity index (χ1) is 20.8. The summed E-state index contributed by atoms with van der Waals surface area (Å²) in [7, 11) is 0. The van der Waals surface area contributed by atoms with E-state index < -0.39 is 0 Å². The molecule has 0 aliphatic rings. The quantitative estimate of drug-likeness (QED) is 0.219. The average Bonchev–Trinajstić information content (AvgIpc) is 3.65. The van der Waals surface area contributed by atoms with Crippen molar-refractivity contribution in [2.45, 2.75) is 0 Å². The van der Waals surface area contributed by atoms with Crippen molar-refractivity contribution >= 4 is 22.1 Å². The van der Waals surface area contributed by atoms with Crippen LogP contribution in [0.1, 0.15) is 0 Å². The Hall–Kier alpha value is -5.74. The van der Waals surface area contributed by atoms with Crippen LogP contribution in [0.15, 0.2) is 158 Å². The van der Waals surface area contributed by atoms with Crippen LogP contribution >= 0.6 is 0 Å². The summed E-state index contributed by atoms with van der Waals surface area (Å²) in [5, 5.41) is 0. The van der Waals surface area contributed by atoms with Gasteiger partial charge in [0, 0.05) is 22.4 Å². The van der Waals surface area contributed by atoms with Gasteiger partial charge in [-0.15, -0.1) is 0 Å². The molecule has 8 aromatic rings. The summed E-state index contributed by atoms with van der Waals surface area (Å²) in [5.41, 5.74) is 10.7. The fourth-order valence-corrected chi connectivity index (χ4v) is 5.84. The number of fused-ring (bicyclic) bond motifs is 2. The zero-order valence-electron chi connectivity index (χ0n) is 22.8. The van der Waals surface area contributed by atoms with Crippen LogP contribution in [-0.4, -0.2) is 19.1 Å². The Bertz CT molecular complexity index is 2190. The van der Waals surface area contributed by atoms with Gasteiger partial charge in [0.15, 0.2) is 0 Å². The summed E-state index contributed by atoms with van der Waals surface area (Å²) in [6, 6.07) is 54.8. The summed E-state index contributed by atoms with van der Waals surface area (Å²) in [5.74, 6) is 1.85. The van der Waals surface area contributed by atoms with Crippen molar-refractivity contribution in [1.29, 1.82) is 0 Å². The van der Waals surface area contributed by atoms with Crippen molar-refractivity contribution in [3.63, 3.8) is 0 Å². The Balaban J connectivity index is 1.35. The summed E-state index contributed by atoms with van der Waals surface area (Å²) < 4.78 is 4.55. The summed E-state index contributed by atoms with van der Waals surface area (Å²) >= 11 is 0. The van der Waals surface area contributed by atoms with Gasteiger partial charge >= 0.3 is 0 Å². The van der Waals surface area contributed by atoms with E-state index in [1.54, 1.807) is 0 Å². The topological polar surface area (TPSA) is 35.6 Å². The molecule has 0 atom stereocenters. The Morgan fingerprint density at radius 2 is 0.881 bits per heavy atom. The third kappa shape index (κ3) is 4.01. The van der Waals surface area contributed by atoms with Gasteiger partial charge in [-0.05, 0) is 48.0 Å². The number of hydrogen-bond acceptors (Lipinski definition) is 2. The fraction of sp³-hybridized carbons (Fsp3) is 0. The van der Waals surface area contributed by atoms with Crippen molar-refractivity contribution in [2.24, 2.45) is 0 Å². The van der Waals surface area contributed by atoms with Crippen molar-refractivity contribution < 1.29 is 0 Å². The van der Waals surface area contributed by atoms with Crippen LogP contribution in [0.25, 0.3) is 67.3 Å². The number of para-hydroxylation sites is 5. The van der Waals surface area contributed by atoms with Crippen LogP contribution in [0.5, 0.6) is 0 Å². The second-order valence-electron chi connectivity index (χ2n) is 10.3. The largest absolute Gasteiger partial charge is 0.292 e. The van der Waals surface area contributed by atoms with E-state index in [1.165, 1.54) is 0 Å². The number of hydrogen-bond donors (Lipinski definition) is 0. The molecule has 8 rings (SSSR count). The van der Waals surface area contributed by atoms with E-state index in [-0.39, 0.29) is 0 Å². The Labute approximate surface area is 243 Å². The minimum atomic E-state index is 0.923. The number of imidazole rings is 2. The van der Waals surface area contributed by atoms with Gasteiger partial charge in [-0.25, -0.2) is 9.97 Å². The van der Waals surface area contributed by atoms with E-state index in [0.717, 1.165) is 67.3 Å². The predicted octanol–water partition coefficient (Wildman–Crippen LogP) is 9.37. The van der Waals surface area contributed by atoms with Gasteiger partial charge in [-0.1, -0.05) is 115 Å². The highest BCUT2D eigenvalue weighted by Crippen LogP contribution is 2.36. The summed E-state index contributed by atoms with van der Waals surface area (Å²) in [6.45, 7) is 0. The Kier molecular flexibility index (Phi) is 5.75. The maximum atomic E-state index is 5.08.